The number of rotatable bonds is 7. The lowest BCUT2D eigenvalue weighted by atomic mass is 10.2. The van der Waals surface area contributed by atoms with Gasteiger partial charge in [-0.25, -0.2) is 9.97 Å². The molecule has 134 valence electrons. The van der Waals surface area contributed by atoms with Crippen LogP contribution in [0.25, 0.3) is 0 Å². The van der Waals surface area contributed by atoms with Crippen molar-refractivity contribution in [1.29, 1.82) is 0 Å². The summed E-state index contributed by atoms with van der Waals surface area (Å²) in [5.41, 5.74) is 1.83. The molecule has 2 aromatic carbocycles. The molecule has 0 saturated heterocycles. The fraction of sp³-hybridized carbons (Fsp3) is 0.158. The number of benzene rings is 2. The van der Waals surface area contributed by atoms with E-state index in [9.17, 15) is 0 Å². The standard InChI is InChI=1S/C19H19ClN4O2/c1-25-16-8-7-14(9-17(16)26-2)24-19-10-18(22-12-23-19)21-11-13-5-3-4-6-15(13)20/h3-10,12H,11H2,1-2H3,(H2,21,22,23,24). The van der Waals surface area contributed by atoms with Gasteiger partial charge in [0.05, 0.1) is 14.2 Å². The highest BCUT2D eigenvalue weighted by Gasteiger charge is 2.06. The van der Waals surface area contributed by atoms with Gasteiger partial charge in [-0.1, -0.05) is 29.8 Å². The molecule has 0 aliphatic heterocycles. The highest BCUT2D eigenvalue weighted by Crippen LogP contribution is 2.31. The number of nitrogens with one attached hydrogen (secondary N) is 2. The van der Waals surface area contributed by atoms with Crippen LogP contribution in [-0.4, -0.2) is 24.2 Å². The van der Waals surface area contributed by atoms with Gasteiger partial charge in [-0.3, -0.25) is 0 Å². The Bertz CT molecular complexity index is 889. The number of anilines is 3. The third-order valence-corrected chi connectivity index (χ3v) is 4.11. The summed E-state index contributed by atoms with van der Waals surface area (Å²) in [5.74, 6) is 2.67. The van der Waals surface area contributed by atoms with E-state index in [1.807, 2.05) is 48.5 Å². The first kappa shape index (κ1) is 17.8. The van der Waals surface area contributed by atoms with Crippen molar-refractivity contribution in [1.82, 2.24) is 9.97 Å². The molecule has 0 atom stereocenters. The SMILES string of the molecule is COc1ccc(Nc2cc(NCc3ccccc3Cl)ncn2)cc1OC. The van der Waals surface area contributed by atoms with Gasteiger partial charge >= 0.3 is 0 Å². The average Bonchev–Trinajstić information content (AvgIpc) is 2.67. The molecule has 0 aliphatic carbocycles. The number of nitrogens with zero attached hydrogens (tertiary/aromatic N) is 2. The zero-order valence-electron chi connectivity index (χ0n) is 14.5. The van der Waals surface area contributed by atoms with Crippen molar-refractivity contribution in [3.63, 3.8) is 0 Å². The van der Waals surface area contributed by atoms with Crippen LogP contribution in [0.2, 0.25) is 5.02 Å². The molecule has 0 fully saturated rings. The Morgan fingerprint density at radius 1 is 0.923 bits per heavy atom. The summed E-state index contributed by atoms with van der Waals surface area (Å²) >= 11 is 6.18. The van der Waals surface area contributed by atoms with Gasteiger partial charge in [0.15, 0.2) is 11.5 Å². The molecule has 0 spiro atoms. The zero-order chi connectivity index (χ0) is 18.4. The average molecular weight is 371 g/mol. The molecule has 3 aromatic rings. The summed E-state index contributed by atoms with van der Waals surface area (Å²) in [5, 5.41) is 7.20. The molecule has 0 aliphatic rings. The predicted molar refractivity (Wildman–Crippen MR) is 104 cm³/mol. The van der Waals surface area contributed by atoms with Gasteiger partial charge in [0, 0.05) is 29.4 Å². The van der Waals surface area contributed by atoms with Crippen LogP contribution in [0.1, 0.15) is 5.56 Å². The van der Waals surface area contributed by atoms with Crippen LogP contribution >= 0.6 is 11.6 Å². The predicted octanol–water partition coefficient (Wildman–Crippen LogP) is 4.50. The van der Waals surface area contributed by atoms with Gasteiger partial charge < -0.3 is 20.1 Å². The second-order valence-corrected chi connectivity index (χ2v) is 5.84. The van der Waals surface area contributed by atoms with E-state index in [1.165, 1.54) is 6.33 Å². The first-order valence-electron chi connectivity index (χ1n) is 7.98. The van der Waals surface area contributed by atoms with Crippen LogP contribution in [0.5, 0.6) is 11.5 Å². The number of halogens is 1. The number of ether oxygens (including phenoxy) is 2. The molecule has 6 nitrogen and oxygen atoms in total. The number of hydrogen-bond acceptors (Lipinski definition) is 6. The summed E-state index contributed by atoms with van der Waals surface area (Å²) in [4.78, 5) is 8.48. The first-order valence-corrected chi connectivity index (χ1v) is 8.36. The lowest BCUT2D eigenvalue weighted by Crippen LogP contribution is -2.03. The topological polar surface area (TPSA) is 68.3 Å². The van der Waals surface area contributed by atoms with Gasteiger partial charge in [0.1, 0.15) is 18.0 Å². The quantitative estimate of drug-likeness (QED) is 0.638. The van der Waals surface area contributed by atoms with E-state index in [-0.39, 0.29) is 0 Å². The van der Waals surface area contributed by atoms with Crippen molar-refractivity contribution in [2.45, 2.75) is 6.54 Å². The van der Waals surface area contributed by atoms with Crippen molar-refractivity contribution in [2.75, 3.05) is 24.9 Å². The summed E-state index contributed by atoms with van der Waals surface area (Å²) in [6.45, 7) is 0.576. The molecule has 0 bridgehead atoms. The largest absolute Gasteiger partial charge is 0.493 e. The van der Waals surface area contributed by atoms with Gasteiger partial charge in [0.2, 0.25) is 0 Å². The second-order valence-electron chi connectivity index (χ2n) is 5.43. The first-order chi connectivity index (χ1) is 12.7. The van der Waals surface area contributed by atoms with Gasteiger partial charge in [-0.2, -0.15) is 0 Å². The molecule has 0 unspecified atom stereocenters. The minimum atomic E-state index is 0.576. The second kappa shape index (κ2) is 8.40. The third-order valence-electron chi connectivity index (χ3n) is 3.74. The summed E-state index contributed by atoms with van der Waals surface area (Å²) < 4.78 is 10.6. The molecular formula is C19H19ClN4O2. The maximum Gasteiger partial charge on any atom is 0.162 e. The van der Waals surface area contributed by atoms with Crippen molar-refractivity contribution in [3.05, 3.63) is 65.4 Å². The maximum atomic E-state index is 6.18. The third kappa shape index (κ3) is 4.34. The van der Waals surface area contributed by atoms with Crippen LogP contribution in [0.15, 0.2) is 54.9 Å². The molecule has 2 N–H and O–H groups in total. The van der Waals surface area contributed by atoms with E-state index >= 15 is 0 Å². The minimum Gasteiger partial charge on any atom is -0.493 e. The van der Waals surface area contributed by atoms with Crippen LogP contribution in [0, 0.1) is 0 Å². The Kier molecular flexibility index (Phi) is 5.76. The molecule has 0 radical (unpaired) electrons. The molecule has 1 heterocycles. The zero-order valence-corrected chi connectivity index (χ0v) is 15.2. The Hall–Kier alpha value is -2.99. The summed E-state index contributed by atoms with van der Waals surface area (Å²) in [6, 6.07) is 15.1. The molecule has 0 amide bonds. The fourth-order valence-electron chi connectivity index (χ4n) is 2.41. The van der Waals surface area contributed by atoms with Crippen LogP contribution < -0.4 is 20.1 Å². The van der Waals surface area contributed by atoms with E-state index in [4.69, 9.17) is 21.1 Å². The Morgan fingerprint density at radius 3 is 2.46 bits per heavy atom. The molecular weight excluding hydrogens is 352 g/mol. The summed E-state index contributed by atoms with van der Waals surface area (Å²) in [6.07, 6.45) is 1.50. The van der Waals surface area contributed by atoms with E-state index in [1.54, 1.807) is 14.2 Å². The van der Waals surface area contributed by atoms with Gasteiger partial charge in [0.25, 0.3) is 0 Å². The highest BCUT2D eigenvalue weighted by molar-refractivity contribution is 6.31. The minimum absolute atomic E-state index is 0.576. The van der Waals surface area contributed by atoms with Crippen LogP contribution in [0.4, 0.5) is 17.3 Å². The molecule has 0 saturated carbocycles. The normalized spacial score (nSPS) is 10.3. The van der Waals surface area contributed by atoms with E-state index in [0.717, 1.165) is 16.3 Å². The van der Waals surface area contributed by atoms with E-state index in [2.05, 4.69) is 20.6 Å². The lowest BCUT2D eigenvalue weighted by Gasteiger charge is -2.12. The molecule has 26 heavy (non-hydrogen) atoms. The highest BCUT2D eigenvalue weighted by atomic mass is 35.5. The van der Waals surface area contributed by atoms with Crippen molar-refractivity contribution < 1.29 is 9.47 Å². The molecule has 1 aromatic heterocycles. The van der Waals surface area contributed by atoms with E-state index < -0.39 is 0 Å². The Labute approximate surface area is 157 Å². The van der Waals surface area contributed by atoms with Gasteiger partial charge in [-0.05, 0) is 23.8 Å². The number of aromatic nitrogens is 2. The Morgan fingerprint density at radius 2 is 1.69 bits per heavy atom. The van der Waals surface area contributed by atoms with Crippen molar-refractivity contribution in [3.8, 4) is 11.5 Å². The molecule has 7 heteroatoms. The maximum absolute atomic E-state index is 6.18. The van der Waals surface area contributed by atoms with Gasteiger partial charge in [-0.15, -0.1) is 0 Å². The van der Waals surface area contributed by atoms with Crippen molar-refractivity contribution >= 4 is 28.9 Å². The Balaban J connectivity index is 1.70. The van der Waals surface area contributed by atoms with Crippen LogP contribution in [0.3, 0.4) is 0 Å². The van der Waals surface area contributed by atoms with Crippen molar-refractivity contribution in [2.24, 2.45) is 0 Å². The number of methoxy groups -OCH3 is 2. The van der Waals surface area contributed by atoms with Crippen LogP contribution in [-0.2, 0) is 6.54 Å². The smallest absolute Gasteiger partial charge is 0.162 e. The lowest BCUT2D eigenvalue weighted by molar-refractivity contribution is 0.355. The molecule has 3 rings (SSSR count). The van der Waals surface area contributed by atoms with E-state index in [0.29, 0.717) is 29.7 Å². The fourth-order valence-corrected chi connectivity index (χ4v) is 2.61. The monoisotopic (exact) mass is 370 g/mol. The summed E-state index contributed by atoms with van der Waals surface area (Å²) in [7, 11) is 3.20. The number of hydrogen-bond donors (Lipinski definition) is 2.